The molecule has 2 aromatic heterocycles. The molecule has 5 nitrogen and oxygen atoms in total. The van der Waals surface area contributed by atoms with Crippen LogP contribution in [0.3, 0.4) is 0 Å². The highest BCUT2D eigenvalue weighted by molar-refractivity contribution is 9.10. The number of rotatable bonds is 4. The zero-order valence-electron chi connectivity index (χ0n) is 12.4. The standard InChI is InChI=1S/C17H14BrN3O2/c1-2-16-20-15-8-7-12(18)11-14(15)17(22)21(16)19-9-3-5-13-6-4-10-23-13/h3-11H,2H2,1H3/b5-3+,19-9?. The van der Waals surface area contributed by atoms with Gasteiger partial charge in [-0.3, -0.25) is 4.79 Å². The molecule has 0 fully saturated rings. The van der Waals surface area contributed by atoms with Gasteiger partial charge in [-0.2, -0.15) is 9.78 Å². The summed E-state index contributed by atoms with van der Waals surface area (Å²) in [5.41, 5.74) is 0.489. The van der Waals surface area contributed by atoms with Crippen LogP contribution in [-0.4, -0.2) is 15.9 Å². The quantitative estimate of drug-likeness (QED) is 0.654. The monoisotopic (exact) mass is 371 g/mol. The fourth-order valence-electron chi connectivity index (χ4n) is 2.17. The normalized spacial score (nSPS) is 11.9. The third kappa shape index (κ3) is 3.32. The molecule has 116 valence electrons. The van der Waals surface area contributed by atoms with E-state index < -0.39 is 0 Å². The molecular weight excluding hydrogens is 358 g/mol. The van der Waals surface area contributed by atoms with Gasteiger partial charge >= 0.3 is 0 Å². The number of halogens is 1. The van der Waals surface area contributed by atoms with E-state index in [-0.39, 0.29) is 5.56 Å². The van der Waals surface area contributed by atoms with Crippen molar-refractivity contribution < 1.29 is 4.42 Å². The van der Waals surface area contributed by atoms with Crippen molar-refractivity contribution in [2.24, 2.45) is 5.10 Å². The first-order chi connectivity index (χ1) is 11.2. The summed E-state index contributed by atoms with van der Waals surface area (Å²) in [7, 11) is 0. The van der Waals surface area contributed by atoms with Gasteiger partial charge in [0.1, 0.15) is 11.6 Å². The maximum atomic E-state index is 12.6. The highest BCUT2D eigenvalue weighted by Crippen LogP contribution is 2.16. The van der Waals surface area contributed by atoms with E-state index in [9.17, 15) is 4.79 Å². The number of fused-ring (bicyclic) bond motifs is 1. The highest BCUT2D eigenvalue weighted by atomic mass is 79.9. The average molecular weight is 372 g/mol. The van der Waals surface area contributed by atoms with Gasteiger partial charge in [-0.05, 0) is 42.5 Å². The minimum atomic E-state index is -0.184. The molecule has 0 aliphatic rings. The van der Waals surface area contributed by atoms with Gasteiger partial charge in [-0.15, -0.1) is 0 Å². The van der Waals surface area contributed by atoms with Gasteiger partial charge in [0.2, 0.25) is 0 Å². The van der Waals surface area contributed by atoms with E-state index in [4.69, 9.17) is 4.42 Å². The van der Waals surface area contributed by atoms with Crippen molar-refractivity contribution in [2.75, 3.05) is 0 Å². The molecule has 0 saturated carbocycles. The van der Waals surface area contributed by atoms with Crippen LogP contribution in [0.25, 0.3) is 17.0 Å². The third-order valence-electron chi connectivity index (χ3n) is 3.26. The fourth-order valence-corrected chi connectivity index (χ4v) is 2.53. The highest BCUT2D eigenvalue weighted by Gasteiger charge is 2.09. The zero-order valence-corrected chi connectivity index (χ0v) is 14.0. The van der Waals surface area contributed by atoms with Gasteiger partial charge in [-0.25, -0.2) is 4.98 Å². The van der Waals surface area contributed by atoms with Gasteiger partial charge in [0.05, 0.1) is 17.2 Å². The van der Waals surface area contributed by atoms with Crippen molar-refractivity contribution in [1.82, 2.24) is 9.66 Å². The van der Waals surface area contributed by atoms with Crippen LogP contribution in [-0.2, 0) is 6.42 Å². The van der Waals surface area contributed by atoms with E-state index in [2.05, 4.69) is 26.0 Å². The summed E-state index contributed by atoms with van der Waals surface area (Å²) in [5, 5.41) is 4.76. The topological polar surface area (TPSA) is 60.4 Å². The Bertz CT molecular complexity index is 940. The van der Waals surface area contributed by atoms with Crippen LogP contribution < -0.4 is 5.56 Å². The summed E-state index contributed by atoms with van der Waals surface area (Å²) in [6, 6.07) is 9.10. The van der Waals surface area contributed by atoms with Crippen molar-refractivity contribution in [2.45, 2.75) is 13.3 Å². The van der Waals surface area contributed by atoms with Gasteiger partial charge in [0, 0.05) is 17.1 Å². The lowest BCUT2D eigenvalue weighted by molar-refractivity contribution is 0.557. The Morgan fingerprint density at radius 3 is 3.00 bits per heavy atom. The number of aryl methyl sites for hydroxylation is 1. The van der Waals surface area contributed by atoms with Crippen LogP contribution in [0.5, 0.6) is 0 Å². The Morgan fingerprint density at radius 1 is 1.39 bits per heavy atom. The molecular formula is C17H14BrN3O2. The molecule has 0 unspecified atom stereocenters. The molecule has 0 atom stereocenters. The number of benzene rings is 1. The first-order valence-electron chi connectivity index (χ1n) is 7.14. The van der Waals surface area contributed by atoms with E-state index in [1.165, 1.54) is 4.68 Å². The fraction of sp³-hybridized carbons (Fsp3) is 0.118. The van der Waals surface area contributed by atoms with E-state index in [1.54, 1.807) is 30.7 Å². The summed E-state index contributed by atoms with van der Waals surface area (Å²) >= 11 is 3.38. The zero-order chi connectivity index (χ0) is 16.2. The van der Waals surface area contributed by atoms with E-state index in [0.29, 0.717) is 23.1 Å². The van der Waals surface area contributed by atoms with Gasteiger partial charge < -0.3 is 4.42 Å². The number of hydrogen-bond donors (Lipinski definition) is 0. The SMILES string of the molecule is CCc1nc2ccc(Br)cc2c(=O)n1N=C/C=C/c1ccco1. The molecule has 0 bridgehead atoms. The first-order valence-corrected chi connectivity index (χ1v) is 7.94. The van der Waals surface area contributed by atoms with Gasteiger partial charge in [0.25, 0.3) is 5.56 Å². The number of aromatic nitrogens is 2. The lowest BCUT2D eigenvalue weighted by atomic mass is 10.2. The van der Waals surface area contributed by atoms with Crippen LogP contribution in [0.1, 0.15) is 18.5 Å². The molecule has 0 amide bonds. The second-order valence-corrected chi connectivity index (χ2v) is 5.71. The predicted molar refractivity (Wildman–Crippen MR) is 94.7 cm³/mol. The Balaban J connectivity index is 2.02. The molecule has 0 radical (unpaired) electrons. The Morgan fingerprint density at radius 2 is 2.26 bits per heavy atom. The molecule has 1 aromatic carbocycles. The van der Waals surface area contributed by atoms with Gasteiger partial charge in [0.15, 0.2) is 0 Å². The predicted octanol–water partition coefficient (Wildman–Crippen LogP) is 3.86. The van der Waals surface area contributed by atoms with Gasteiger partial charge in [-0.1, -0.05) is 22.9 Å². The Hall–Kier alpha value is -2.47. The molecule has 0 spiro atoms. The molecule has 0 N–H and O–H groups in total. The minimum Gasteiger partial charge on any atom is -0.465 e. The maximum absolute atomic E-state index is 12.6. The molecule has 0 saturated heterocycles. The summed E-state index contributed by atoms with van der Waals surface area (Å²) < 4.78 is 7.36. The molecule has 3 rings (SSSR count). The second-order valence-electron chi connectivity index (χ2n) is 4.80. The van der Waals surface area contributed by atoms with E-state index in [1.807, 2.05) is 31.2 Å². The van der Waals surface area contributed by atoms with Crippen molar-refractivity contribution in [1.29, 1.82) is 0 Å². The molecule has 6 heteroatoms. The van der Waals surface area contributed by atoms with Crippen molar-refractivity contribution >= 4 is 39.1 Å². The Kier molecular flexibility index (Phi) is 4.52. The van der Waals surface area contributed by atoms with E-state index in [0.717, 1.165) is 10.2 Å². The maximum Gasteiger partial charge on any atom is 0.282 e. The van der Waals surface area contributed by atoms with Crippen molar-refractivity contribution in [3.63, 3.8) is 0 Å². The molecule has 0 aliphatic carbocycles. The van der Waals surface area contributed by atoms with Crippen LogP contribution in [0.4, 0.5) is 0 Å². The summed E-state index contributed by atoms with van der Waals surface area (Å²) in [6.07, 6.45) is 7.25. The summed E-state index contributed by atoms with van der Waals surface area (Å²) in [4.78, 5) is 17.1. The molecule has 2 heterocycles. The third-order valence-corrected chi connectivity index (χ3v) is 3.76. The Labute approximate surface area is 141 Å². The van der Waals surface area contributed by atoms with Crippen molar-refractivity contribution in [3.8, 4) is 0 Å². The summed E-state index contributed by atoms with van der Waals surface area (Å²) in [5.74, 6) is 1.34. The molecule has 3 aromatic rings. The van der Waals surface area contributed by atoms with Crippen molar-refractivity contribution in [3.05, 3.63) is 69.1 Å². The lowest BCUT2D eigenvalue weighted by Crippen LogP contribution is -2.22. The largest absolute Gasteiger partial charge is 0.465 e. The van der Waals surface area contributed by atoms with Crippen LogP contribution in [0, 0.1) is 0 Å². The van der Waals surface area contributed by atoms with E-state index >= 15 is 0 Å². The summed E-state index contributed by atoms with van der Waals surface area (Å²) in [6.45, 7) is 1.94. The number of hydrogen-bond acceptors (Lipinski definition) is 4. The number of nitrogens with zero attached hydrogens (tertiary/aromatic N) is 3. The second kappa shape index (κ2) is 6.75. The molecule has 23 heavy (non-hydrogen) atoms. The number of allylic oxidation sites excluding steroid dienone is 1. The van der Waals surface area contributed by atoms with Crippen LogP contribution in [0.15, 0.2) is 61.5 Å². The lowest BCUT2D eigenvalue weighted by Gasteiger charge is -2.07. The van der Waals surface area contributed by atoms with Crippen LogP contribution >= 0.6 is 15.9 Å². The first kappa shape index (κ1) is 15.4. The minimum absolute atomic E-state index is 0.184. The van der Waals surface area contributed by atoms with Crippen LogP contribution in [0.2, 0.25) is 0 Å². The average Bonchev–Trinajstić information content (AvgIpc) is 3.07. The smallest absolute Gasteiger partial charge is 0.282 e. The number of furan rings is 1. The molecule has 0 aliphatic heterocycles.